The van der Waals surface area contributed by atoms with Gasteiger partial charge in [0.15, 0.2) is 0 Å². The van der Waals surface area contributed by atoms with Crippen molar-refractivity contribution < 1.29 is 4.79 Å². The van der Waals surface area contributed by atoms with E-state index in [1.807, 2.05) is 25.1 Å². The molecule has 0 aliphatic carbocycles. The number of rotatable bonds is 4. The molecule has 0 aliphatic heterocycles. The first kappa shape index (κ1) is 15.1. The van der Waals surface area contributed by atoms with E-state index in [2.05, 4.69) is 39.6 Å². The molecule has 3 nitrogen and oxygen atoms in total. The molecule has 0 unspecified atom stereocenters. The first-order chi connectivity index (χ1) is 9.51. The minimum absolute atomic E-state index is 0.0579. The lowest BCUT2D eigenvalue weighted by atomic mass is 10.1. The highest BCUT2D eigenvalue weighted by molar-refractivity contribution is 9.10. The van der Waals surface area contributed by atoms with Crippen LogP contribution in [0.25, 0.3) is 0 Å². The number of carbonyl (C=O) groups is 1. The van der Waals surface area contributed by atoms with Gasteiger partial charge in [0.05, 0.1) is 0 Å². The third-order valence-electron chi connectivity index (χ3n) is 3.08. The van der Waals surface area contributed by atoms with Gasteiger partial charge in [-0.15, -0.1) is 11.3 Å². The highest BCUT2D eigenvalue weighted by atomic mass is 79.9. The molecule has 20 heavy (non-hydrogen) atoms. The first-order valence-electron chi connectivity index (χ1n) is 6.32. The zero-order valence-electron chi connectivity index (χ0n) is 11.7. The Bertz CT molecular complexity index is 617. The Kier molecular flexibility index (Phi) is 4.83. The quantitative estimate of drug-likeness (QED) is 0.869. The van der Waals surface area contributed by atoms with Crippen molar-refractivity contribution in [3.8, 4) is 0 Å². The minimum Gasteiger partial charge on any atom is -0.380 e. The number of aryl methyl sites for hydroxylation is 2. The van der Waals surface area contributed by atoms with Gasteiger partial charge >= 0.3 is 0 Å². The molecule has 1 aromatic carbocycles. The monoisotopic (exact) mass is 352 g/mol. The van der Waals surface area contributed by atoms with Gasteiger partial charge in [0.25, 0.3) is 5.91 Å². The zero-order valence-corrected chi connectivity index (χ0v) is 14.1. The van der Waals surface area contributed by atoms with Gasteiger partial charge in [0.2, 0.25) is 0 Å². The van der Waals surface area contributed by atoms with E-state index < -0.39 is 0 Å². The molecule has 0 saturated carbocycles. The smallest absolute Gasteiger partial charge is 0.251 e. The fourth-order valence-electron chi connectivity index (χ4n) is 1.93. The van der Waals surface area contributed by atoms with Gasteiger partial charge in [0.1, 0.15) is 0 Å². The van der Waals surface area contributed by atoms with E-state index in [9.17, 15) is 4.79 Å². The third kappa shape index (κ3) is 3.41. The van der Waals surface area contributed by atoms with E-state index in [0.717, 1.165) is 22.3 Å². The molecule has 2 rings (SSSR count). The van der Waals surface area contributed by atoms with Gasteiger partial charge in [-0.2, -0.15) is 0 Å². The van der Waals surface area contributed by atoms with Crippen molar-refractivity contribution in [1.29, 1.82) is 0 Å². The van der Waals surface area contributed by atoms with Crippen LogP contribution in [-0.2, 0) is 6.54 Å². The number of hydrogen-bond acceptors (Lipinski definition) is 3. The van der Waals surface area contributed by atoms with Crippen molar-refractivity contribution in [2.45, 2.75) is 20.4 Å². The maximum atomic E-state index is 11.6. The summed E-state index contributed by atoms with van der Waals surface area (Å²) < 4.78 is 1.16. The van der Waals surface area contributed by atoms with Crippen molar-refractivity contribution in [2.24, 2.45) is 0 Å². The zero-order chi connectivity index (χ0) is 14.7. The van der Waals surface area contributed by atoms with Crippen LogP contribution in [-0.4, -0.2) is 13.0 Å². The Morgan fingerprint density at radius 2 is 2.05 bits per heavy atom. The highest BCUT2D eigenvalue weighted by Gasteiger charge is 2.07. The summed E-state index contributed by atoms with van der Waals surface area (Å²) in [5.41, 5.74) is 2.81. The van der Waals surface area contributed by atoms with Gasteiger partial charge in [-0.25, -0.2) is 0 Å². The number of amides is 1. The fraction of sp³-hybridized carbons (Fsp3) is 0.267. The number of nitrogens with one attached hydrogen (secondary N) is 2. The lowest BCUT2D eigenvalue weighted by Crippen LogP contribution is -2.17. The molecule has 1 amide bonds. The van der Waals surface area contributed by atoms with Crippen LogP contribution in [0.15, 0.2) is 28.7 Å². The Hall–Kier alpha value is -1.33. The summed E-state index contributed by atoms with van der Waals surface area (Å²) in [7, 11) is 1.64. The molecule has 2 N–H and O–H groups in total. The van der Waals surface area contributed by atoms with Crippen molar-refractivity contribution in [1.82, 2.24) is 5.32 Å². The highest BCUT2D eigenvalue weighted by Crippen LogP contribution is 2.27. The number of carbonyl (C=O) groups excluding carboxylic acids is 1. The van der Waals surface area contributed by atoms with Crippen LogP contribution >= 0.6 is 27.3 Å². The summed E-state index contributed by atoms with van der Waals surface area (Å²) in [4.78, 5) is 14.1. The van der Waals surface area contributed by atoms with E-state index >= 15 is 0 Å². The molecule has 106 valence electrons. The van der Waals surface area contributed by atoms with E-state index in [1.54, 1.807) is 18.4 Å². The fourth-order valence-corrected chi connectivity index (χ4v) is 3.48. The molecule has 2 aromatic rings. The number of thiophene rings is 1. The van der Waals surface area contributed by atoms with Crippen molar-refractivity contribution in [3.63, 3.8) is 0 Å². The van der Waals surface area contributed by atoms with Crippen molar-refractivity contribution in [2.75, 3.05) is 12.4 Å². The lowest BCUT2D eigenvalue weighted by Gasteiger charge is -2.10. The summed E-state index contributed by atoms with van der Waals surface area (Å²) in [6.07, 6.45) is 0. The van der Waals surface area contributed by atoms with E-state index in [1.165, 1.54) is 9.75 Å². The van der Waals surface area contributed by atoms with Gasteiger partial charge in [-0.3, -0.25) is 4.79 Å². The van der Waals surface area contributed by atoms with Crippen LogP contribution in [0.1, 0.15) is 25.7 Å². The van der Waals surface area contributed by atoms with Crippen LogP contribution < -0.4 is 10.6 Å². The normalized spacial score (nSPS) is 10.4. The van der Waals surface area contributed by atoms with Crippen LogP contribution in [0.3, 0.4) is 0 Å². The predicted molar refractivity (Wildman–Crippen MR) is 88.7 cm³/mol. The van der Waals surface area contributed by atoms with Crippen LogP contribution in [0.5, 0.6) is 0 Å². The maximum absolute atomic E-state index is 11.6. The molecule has 1 aromatic heterocycles. The number of hydrogen-bond donors (Lipinski definition) is 2. The molecule has 0 aliphatic rings. The van der Waals surface area contributed by atoms with Crippen LogP contribution in [0, 0.1) is 13.8 Å². The van der Waals surface area contributed by atoms with Gasteiger partial charge < -0.3 is 10.6 Å². The third-order valence-corrected chi connectivity index (χ3v) is 5.21. The molecular weight excluding hydrogens is 336 g/mol. The van der Waals surface area contributed by atoms with E-state index in [0.29, 0.717) is 5.56 Å². The summed E-state index contributed by atoms with van der Waals surface area (Å²) in [6.45, 7) is 4.89. The molecule has 0 saturated heterocycles. The first-order valence-corrected chi connectivity index (χ1v) is 7.93. The van der Waals surface area contributed by atoms with Gasteiger partial charge in [-0.05, 0) is 59.6 Å². The SMILES string of the molecule is CNC(=O)c1ccc(NCc2cc(Br)c(C)s2)c(C)c1. The van der Waals surface area contributed by atoms with Gasteiger partial charge in [0, 0.05) is 39.1 Å². The molecule has 0 bridgehead atoms. The number of anilines is 1. The molecule has 1 heterocycles. The summed E-state index contributed by atoms with van der Waals surface area (Å²) in [5, 5.41) is 6.04. The van der Waals surface area contributed by atoms with E-state index in [4.69, 9.17) is 0 Å². The Morgan fingerprint density at radius 3 is 2.60 bits per heavy atom. The standard InChI is InChI=1S/C15H17BrN2OS/c1-9-6-11(15(19)17-3)4-5-14(9)18-8-12-7-13(16)10(2)20-12/h4-7,18H,8H2,1-3H3,(H,17,19). The molecule has 0 radical (unpaired) electrons. The minimum atomic E-state index is -0.0579. The van der Waals surface area contributed by atoms with Crippen LogP contribution in [0.2, 0.25) is 0 Å². The summed E-state index contributed by atoms with van der Waals surface area (Å²) >= 11 is 5.31. The van der Waals surface area contributed by atoms with Crippen molar-refractivity contribution >= 4 is 38.9 Å². The molecule has 0 atom stereocenters. The van der Waals surface area contributed by atoms with Crippen LogP contribution in [0.4, 0.5) is 5.69 Å². The van der Waals surface area contributed by atoms with Gasteiger partial charge in [-0.1, -0.05) is 0 Å². The van der Waals surface area contributed by atoms with E-state index in [-0.39, 0.29) is 5.91 Å². The topological polar surface area (TPSA) is 41.1 Å². The lowest BCUT2D eigenvalue weighted by molar-refractivity contribution is 0.0963. The Labute approximate surface area is 131 Å². The number of benzene rings is 1. The largest absolute Gasteiger partial charge is 0.380 e. The molecular formula is C15H17BrN2OS. The second-order valence-electron chi connectivity index (χ2n) is 4.58. The van der Waals surface area contributed by atoms with Crippen molar-refractivity contribution in [3.05, 3.63) is 49.6 Å². The average molecular weight is 353 g/mol. The molecule has 0 spiro atoms. The Morgan fingerprint density at radius 1 is 1.30 bits per heavy atom. The summed E-state index contributed by atoms with van der Waals surface area (Å²) in [5.74, 6) is -0.0579. The maximum Gasteiger partial charge on any atom is 0.251 e. The molecule has 0 fully saturated rings. The molecule has 5 heteroatoms. The Balaban J connectivity index is 2.08. The second-order valence-corrected chi connectivity index (χ2v) is 6.77. The second kappa shape index (κ2) is 6.41. The average Bonchev–Trinajstić information content (AvgIpc) is 2.75. The number of halogens is 1. The predicted octanol–water partition coefficient (Wildman–Crippen LogP) is 4.10. The summed E-state index contributed by atoms with van der Waals surface area (Å²) in [6, 6.07) is 7.83.